The van der Waals surface area contributed by atoms with Gasteiger partial charge in [0.15, 0.2) is 0 Å². The van der Waals surface area contributed by atoms with Gasteiger partial charge in [-0.1, -0.05) is 60.7 Å². The van der Waals surface area contributed by atoms with Crippen molar-refractivity contribution >= 4 is 18.0 Å². The summed E-state index contributed by atoms with van der Waals surface area (Å²) in [5.74, 6) is -1.54. The summed E-state index contributed by atoms with van der Waals surface area (Å²) in [6.07, 6.45) is 0.357. The number of hydrogen-bond acceptors (Lipinski definition) is 6. The largest absolute Gasteiger partial charge is 0.480 e. The third-order valence-corrected chi connectivity index (χ3v) is 4.63. The van der Waals surface area contributed by atoms with Crippen LogP contribution in [0.25, 0.3) is 0 Å². The molecule has 0 saturated carbocycles. The highest BCUT2D eigenvalue weighted by Crippen LogP contribution is 2.06. The van der Waals surface area contributed by atoms with E-state index in [1.165, 1.54) is 7.11 Å². The number of carboxylic acid groups (broad SMARTS) is 1. The van der Waals surface area contributed by atoms with Gasteiger partial charge in [0, 0.05) is 0 Å². The second kappa shape index (κ2) is 13.0. The number of esters is 1. The molecule has 2 aromatic rings. The monoisotopic (exact) mass is 428 g/mol. The Morgan fingerprint density at radius 3 is 2.13 bits per heavy atom. The number of carbonyl (C=O) groups excluding carboxylic acids is 2. The summed E-state index contributed by atoms with van der Waals surface area (Å²) < 4.78 is 9.89. The van der Waals surface area contributed by atoms with Gasteiger partial charge in [-0.05, 0) is 36.9 Å². The molecule has 0 spiro atoms. The fourth-order valence-electron chi connectivity index (χ4n) is 2.98. The summed E-state index contributed by atoms with van der Waals surface area (Å²) in [5, 5.41) is 14.9. The van der Waals surface area contributed by atoms with Crippen molar-refractivity contribution in [3.05, 3.63) is 71.8 Å². The van der Waals surface area contributed by atoms with Crippen LogP contribution in [0.3, 0.4) is 0 Å². The van der Waals surface area contributed by atoms with Crippen LogP contribution in [0.4, 0.5) is 4.79 Å². The number of carboxylic acids is 1. The molecular formula is C23H28N2O6. The van der Waals surface area contributed by atoms with E-state index < -0.39 is 30.1 Å². The van der Waals surface area contributed by atoms with Crippen molar-refractivity contribution in [2.24, 2.45) is 0 Å². The first-order valence-corrected chi connectivity index (χ1v) is 10.0. The standard InChI is InChI=1S/C23H28N2O6/c1-30-22(28)19(25-23(29)31-16-18-11-6-3-7-12-18)13-8-14-24-20(21(26)27)15-17-9-4-2-5-10-17/h2-7,9-12,19-20,24H,8,13-16H2,1H3,(H,25,29)(H,26,27)/t19-,20-/m0/s1. The Morgan fingerprint density at radius 1 is 0.935 bits per heavy atom. The Morgan fingerprint density at radius 2 is 1.55 bits per heavy atom. The van der Waals surface area contributed by atoms with Crippen molar-refractivity contribution in [1.82, 2.24) is 10.6 Å². The van der Waals surface area contributed by atoms with Crippen molar-refractivity contribution in [2.45, 2.75) is 38.0 Å². The van der Waals surface area contributed by atoms with E-state index in [1.54, 1.807) is 0 Å². The highest BCUT2D eigenvalue weighted by atomic mass is 16.6. The number of amides is 1. The number of benzene rings is 2. The number of aliphatic carboxylic acids is 1. The van der Waals surface area contributed by atoms with Crippen LogP contribution in [0, 0.1) is 0 Å². The molecule has 1 amide bonds. The third kappa shape index (κ3) is 8.88. The predicted octanol–water partition coefficient (Wildman–Crippen LogP) is 2.52. The topological polar surface area (TPSA) is 114 Å². The molecule has 0 saturated heterocycles. The van der Waals surface area contributed by atoms with Crippen molar-refractivity contribution in [3.8, 4) is 0 Å². The van der Waals surface area contributed by atoms with Gasteiger partial charge in [0.25, 0.3) is 0 Å². The fourth-order valence-corrected chi connectivity index (χ4v) is 2.98. The summed E-state index contributed by atoms with van der Waals surface area (Å²) in [5.41, 5.74) is 1.74. The lowest BCUT2D eigenvalue weighted by molar-refractivity contribution is -0.143. The summed E-state index contributed by atoms with van der Waals surface area (Å²) in [6.45, 7) is 0.444. The van der Waals surface area contributed by atoms with E-state index in [1.807, 2.05) is 60.7 Å². The Hall–Kier alpha value is -3.39. The molecule has 31 heavy (non-hydrogen) atoms. The van der Waals surface area contributed by atoms with Crippen LogP contribution in [-0.2, 0) is 32.1 Å². The Bertz CT molecular complexity index is 828. The highest BCUT2D eigenvalue weighted by molar-refractivity contribution is 5.81. The quantitative estimate of drug-likeness (QED) is 0.352. The SMILES string of the molecule is COC(=O)[C@H](CCCN[C@@H](Cc1ccccc1)C(=O)O)NC(=O)OCc1ccccc1. The van der Waals surface area contributed by atoms with Gasteiger partial charge in [0.05, 0.1) is 7.11 Å². The van der Waals surface area contributed by atoms with Gasteiger partial charge in [-0.15, -0.1) is 0 Å². The molecule has 0 radical (unpaired) electrons. The maximum Gasteiger partial charge on any atom is 0.408 e. The van der Waals surface area contributed by atoms with E-state index in [4.69, 9.17) is 9.47 Å². The van der Waals surface area contributed by atoms with Gasteiger partial charge in [-0.25, -0.2) is 9.59 Å². The zero-order valence-corrected chi connectivity index (χ0v) is 17.5. The van der Waals surface area contributed by atoms with Gasteiger partial charge in [0.1, 0.15) is 18.7 Å². The van der Waals surface area contributed by atoms with E-state index in [2.05, 4.69) is 10.6 Å². The lowest BCUT2D eigenvalue weighted by Crippen LogP contribution is -2.43. The molecule has 2 atom stereocenters. The molecule has 0 aromatic heterocycles. The minimum atomic E-state index is -0.948. The molecule has 0 fully saturated rings. The average molecular weight is 428 g/mol. The zero-order chi connectivity index (χ0) is 22.5. The number of carbonyl (C=O) groups is 3. The lowest BCUT2D eigenvalue weighted by atomic mass is 10.1. The molecule has 2 aromatic carbocycles. The van der Waals surface area contributed by atoms with Crippen molar-refractivity contribution in [2.75, 3.05) is 13.7 Å². The van der Waals surface area contributed by atoms with Crippen LogP contribution in [0.15, 0.2) is 60.7 Å². The van der Waals surface area contributed by atoms with Crippen molar-refractivity contribution < 1.29 is 29.0 Å². The van der Waals surface area contributed by atoms with Gasteiger partial charge in [-0.2, -0.15) is 0 Å². The van der Waals surface area contributed by atoms with E-state index in [0.717, 1.165) is 11.1 Å². The van der Waals surface area contributed by atoms with E-state index >= 15 is 0 Å². The molecule has 0 aliphatic heterocycles. The van der Waals surface area contributed by atoms with E-state index in [9.17, 15) is 19.5 Å². The Kier molecular flexibility index (Phi) is 10.0. The second-order valence-corrected chi connectivity index (χ2v) is 6.96. The number of methoxy groups -OCH3 is 1. The number of hydrogen-bond donors (Lipinski definition) is 3. The highest BCUT2D eigenvalue weighted by Gasteiger charge is 2.23. The Labute approximate surface area is 181 Å². The van der Waals surface area contributed by atoms with Crippen molar-refractivity contribution in [1.29, 1.82) is 0 Å². The van der Waals surface area contributed by atoms with Crippen LogP contribution >= 0.6 is 0 Å². The molecule has 0 bridgehead atoms. The van der Waals surface area contributed by atoms with Crippen LogP contribution in [0.5, 0.6) is 0 Å². The molecule has 8 heteroatoms. The van der Waals surface area contributed by atoms with E-state index in [0.29, 0.717) is 19.4 Å². The van der Waals surface area contributed by atoms with Crippen LogP contribution < -0.4 is 10.6 Å². The molecule has 0 aliphatic rings. The summed E-state index contributed by atoms with van der Waals surface area (Å²) in [4.78, 5) is 35.5. The first-order chi connectivity index (χ1) is 15.0. The molecular weight excluding hydrogens is 400 g/mol. The summed E-state index contributed by atoms with van der Waals surface area (Å²) >= 11 is 0. The molecule has 2 rings (SSSR count). The smallest absolute Gasteiger partial charge is 0.408 e. The maximum absolute atomic E-state index is 12.0. The number of ether oxygens (including phenoxy) is 2. The second-order valence-electron chi connectivity index (χ2n) is 6.96. The first kappa shape index (κ1) is 23.9. The molecule has 8 nitrogen and oxygen atoms in total. The van der Waals surface area contributed by atoms with Crippen LogP contribution in [0.2, 0.25) is 0 Å². The number of alkyl carbamates (subject to hydrolysis) is 1. The van der Waals surface area contributed by atoms with Gasteiger partial charge in [0.2, 0.25) is 0 Å². The average Bonchev–Trinajstić information content (AvgIpc) is 2.79. The van der Waals surface area contributed by atoms with Gasteiger partial charge in [-0.3, -0.25) is 4.79 Å². The predicted molar refractivity (Wildman–Crippen MR) is 114 cm³/mol. The van der Waals surface area contributed by atoms with Crippen molar-refractivity contribution in [3.63, 3.8) is 0 Å². The zero-order valence-electron chi connectivity index (χ0n) is 17.5. The van der Waals surface area contributed by atoms with Gasteiger partial charge < -0.3 is 25.2 Å². The minimum absolute atomic E-state index is 0.0852. The van der Waals surface area contributed by atoms with Crippen LogP contribution in [0.1, 0.15) is 24.0 Å². The Balaban J connectivity index is 1.78. The van der Waals surface area contributed by atoms with Crippen LogP contribution in [-0.4, -0.2) is 48.9 Å². The summed E-state index contributed by atoms with van der Waals surface area (Å²) in [7, 11) is 1.24. The first-order valence-electron chi connectivity index (χ1n) is 10.0. The normalized spacial score (nSPS) is 12.4. The molecule has 0 heterocycles. The molecule has 3 N–H and O–H groups in total. The number of rotatable bonds is 12. The lowest BCUT2D eigenvalue weighted by Gasteiger charge is -2.18. The molecule has 0 aliphatic carbocycles. The minimum Gasteiger partial charge on any atom is -0.480 e. The van der Waals surface area contributed by atoms with Gasteiger partial charge >= 0.3 is 18.0 Å². The fraction of sp³-hybridized carbons (Fsp3) is 0.348. The summed E-state index contributed by atoms with van der Waals surface area (Å²) in [6, 6.07) is 16.9. The molecule has 166 valence electrons. The molecule has 0 unspecified atom stereocenters. The third-order valence-electron chi connectivity index (χ3n) is 4.63. The maximum atomic E-state index is 12.0. The number of nitrogens with one attached hydrogen (secondary N) is 2. The van der Waals surface area contributed by atoms with E-state index in [-0.39, 0.29) is 13.0 Å².